The van der Waals surface area contributed by atoms with Crippen LogP contribution in [0, 0.1) is 24.0 Å². The Morgan fingerprint density at radius 2 is 1.64 bits per heavy atom. The SMILES string of the molecule is Cc1ccc([N+](=O)[O-])c(C(=O)OC(=O)c2ccccc2)c1C. The topological polar surface area (TPSA) is 86.5 Å². The molecular weight excluding hydrogens is 286 g/mol. The smallest absolute Gasteiger partial charge is 0.353 e. The Labute approximate surface area is 126 Å². The quantitative estimate of drug-likeness (QED) is 0.376. The summed E-state index contributed by atoms with van der Waals surface area (Å²) >= 11 is 0. The highest BCUT2D eigenvalue weighted by Gasteiger charge is 2.27. The largest absolute Gasteiger partial charge is 0.386 e. The maximum Gasteiger partial charge on any atom is 0.353 e. The van der Waals surface area contributed by atoms with Crippen molar-refractivity contribution in [3.8, 4) is 0 Å². The summed E-state index contributed by atoms with van der Waals surface area (Å²) in [6.45, 7) is 3.29. The fourth-order valence-electron chi connectivity index (χ4n) is 1.98. The van der Waals surface area contributed by atoms with Gasteiger partial charge in [0.2, 0.25) is 0 Å². The van der Waals surface area contributed by atoms with Gasteiger partial charge in [0.15, 0.2) is 0 Å². The molecule has 0 aromatic heterocycles. The third kappa shape index (κ3) is 3.01. The number of aryl methyl sites for hydroxylation is 1. The van der Waals surface area contributed by atoms with Crippen LogP contribution in [-0.2, 0) is 4.74 Å². The van der Waals surface area contributed by atoms with Gasteiger partial charge in [0.05, 0.1) is 10.5 Å². The minimum absolute atomic E-state index is 0.198. The summed E-state index contributed by atoms with van der Waals surface area (Å²) in [4.78, 5) is 34.5. The van der Waals surface area contributed by atoms with E-state index < -0.39 is 16.9 Å². The monoisotopic (exact) mass is 299 g/mol. The molecule has 2 rings (SSSR count). The van der Waals surface area contributed by atoms with Gasteiger partial charge in [0.25, 0.3) is 5.69 Å². The Morgan fingerprint density at radius 3 is 2.23 bits per heavy atom. The minimum atomic E-state index is -1.03. The molecule has 0 spiro atoms. The number of rotatable bonds is 3. The molecule has 6 nitrogen and oxygen atoms in total. The molecule has 0 bridgehead atoms. The Balaban J connectivity index is 2.36. The summed E-state index contributed by atoms with van der Waals surface area (Å²) in [5.41, 5.74) is 0.733. The van der Waals surface area contributed by atoms with Crippen LogP contribution in [0.1, 0.15) is 31.8 Å². The van der Waals surface area contributed by atoms with Gasteiger partial charge in [0.1, 0.15) is 5.56 Å². The first kappa shape index (κ1) is 15.4. The van der Waals surface area contributed by atoms with Gasteiger partial charge in [0, 0.05) is 6.07 Å². The number of carbonyl (C=O) groups excluding carboxylic acids is 2. The summed E-state index contributed by atoms with van der Waals surface area (Å²) in [7, 11) is 0. The fraction of sp³-hybridized carbons (Fsp3) is 0.125. The van der Waals surface area contributed by atoms with Crippen LogP contribution >= 0.6 is 0 Å². The number of hydrogen-bond donors (Lipinski definition) is 0. The second-order valence-electron chi connectivity index (χ2n) is 4.70. The molecule has 0 heterocycles. The molecule has 0 aliphatic heterocycles. The van der Waals surface area contributed by atoms with Crippen molar-refractivity contribution in [1.29, 1.82) is 0 Å². The van der Waals surface area contributed by atoms with E-state index in [0.29, 0.717) is 11.1 Å². The van der Waals surface area contributed by atoms with Crippen LogP contribution in [0.3, 0.4) is 0 Å². The molecule has 2 aromatic carbocycles. The van der Waals surface area contributed by atoms with Crippen molar-refractivity contribution in [2.45, 2.75) is 13.8 Å². The lowest BCUT2D eigenvalue weighted by Crippen LogP contribution is -2.16. The Kier molecular flexibility index (Phi) is 4.31. The molecule has 0 radical (unpaired) electrons. The van der Waals surface area contributed by atoms with Crippen LogP contribution in [0.5, 0.6) is 0 Å². The van der Waals surface area contributed by atoms with E-state index in [9.17, 15) is 19.7 Å². The third-order valence-corrected chi connectivity index (χ3v) is 3.31. The number of carbonyl (C=O) groups is 2. The first-order valence-corrected chi connectivity index (χ1v) is 6.48. The van der Waals surface area contributed by atoms with Crippen LogP contribution in [0.15, 0.2) is 42.5 Å². The predicted octanol–water partition coefficient (Wildman–Crippen LogP) is 3.21. The van der Waals surface area contributed by atoms with Gasteiger partial charge in [-0.05, 0) is 37.1 Å². The molecule has 0 saturated carbocycles. The summed E-state index contributed by atoms with van der Waals surface area (Å²) < 4.78 is 4.77. The Morgan fingerprint density at radius 1 is 1.00 bits per heavy atom. The van der Waals surface area contributed by atoms with E-state index in [2.05, 4.69) is 0 Å². The lowest BCUT2D eigenvalue weighted by Gasteiger charge is -2.08. The molecule has 112 valence electrons. The van der Waals surface area contributed by atoms with Crippen molar-refractivity contribution in [3.63, 3.8) is 0 Å². The molecule has 0 atom stereocenters. The summed E-state index contributed by atoms with van der Waals surface area (Å²) in [6, 6.07) is 10.7. The average molecular weight is 299 g/mol. The van der Waals surface area contributed by atoms with Crippen molar-refractivity contribution in [2.24, 2.45) is 0 Å². The van der Waals surface area contributed by atoms with Crippen LogP contribution in [0.2, 0.25) is 0 Å². The van der Waals surface area contributed by atoms with Gasteiger partial charge in [-0.2, -0.15) is 0 Å². The molecule has 0 saturated heterocycles. The molecule has 6 heteroatoms. The van der Waals surface area contributed by atoms with Crippen molar-refractivity contribution in [3.05, 3.63) is 74.8 Å². The van der Waals surface area contributed by atoms with Crippen LogP contribution in [-0.4, -0.2) is 16.9 Å². The second-order valence-corrected chi connectivity index (χ2v) is 4.70. The molecule has 0 aliphatic carbocycles. The number of ether oxygens (including phenoxy) is 1. The van der Waals surface area contributed by atoms with E-state index in [1.54, 1.807) is 38.1 Å². The molecule has 0 N–H and O–H groups in total. The lowest BCUT2D eigenvalue weighted by atomic mass is 10.0. The van der Waals surface area contributed by atoms with Crippen LogP contribution in [0.25, 0.3) is 0 Å². The van der Waals surface area contributed by atoms with E-state index in [1.165, 1.54) is 18.2 Å². The fourth-order valence-corrected chi connectivity index (χ4v) is 1.98. The van der Waals surface area contributed by atoms with Gasteiger partial charge in [-0.3, -0.25) is 10.1 Å². The van der Waals surface area contributed by atoms with Crippen LogP contribution in [0.4, 0.5) is 5.69 Å². The number of nitro benzene ring substituents is 1. The molecule has 0 amide bonds. The highest BCUT2D eigenvalue weighted by molar-refractivity contribution is 6.05. The predicted molar refractivity (Wildman–Crippen MR) is 78.8 cm³/mol. The summed E-state index contributed by atoms with van der Waals surface area (Å²) in [5.74, 6) is -1.87. The normalized spacial score (nSPS) is 10.1. The summed E-state index contributed by atoms with van der Waals surface area (Å²) in [5, 5.41) is 11.1. The van der Waals surface area contributed by atoms with Gasteiger partial charge >= 0.3 is 11.9 Å². The standard InChI is InChI=1S/C16H13NO5/c1-10-8-9-13(17(20)21)14(11(10)2)16(19)22-15(18)12-6-4-3-5-7-12/h3-9H,1-2H3. The van der Waals surface area contributed by atoms with E-state index in [4.69, 9.17) is 4.74 Å². The molecule has 0 unspecified atom stereocenters. The number of nitro groups is 1. The van der Waals surface area contributed by atoms with Gasteiger partial charge in [-0.15, -0.1) is 0 Å². The summed E-state index contributed by atoms with van der Waals surface area (Å²) in [6.07, 6.45) is 0. The van der Waals surface area contributed by atoms with Gasteiger partial charge < -0.3 is 4.74 Å². The number of esters is 2. The van der Waals surface area contributed by atoms with E-state index >= 15 is 0 Å². The first-order chi connectivity index (χ1) is 10.4. The van der Waals surface area contributed by atoms with Crippen molar-refractivity contribution < 1.29 is 19.2 Å². The second kappa shape index (κ2) is 6.17. The zero-order valence-corrected chi connectivity index (χ0v) is 12.0. The Hall–Kier alpha value is -3.02. The maximum absolute atomic E-state index is 12.2. The minimum Gasteiger partial charge on any atom is -0.386 e. The zero-order chi connectivity index (χ0) is 16.3. The molecule has 2 aromatic rings. The van der Waals surface area contributed by atoms with E-state index in [-0.39, 0.29) is 16.8 Å². The van der Waals surface area contributed by atoms with Crippen LogP contribution < -0.4 is 0 Å². The van der Waals surface area contributed by atoms with Gasteiger partial charge in [-0.1, -0.05) is 24.3 Å². The Bertz CT molecular complexity index is 753. The number of benzene rings is 2. The highest BCUT2D eigenvalue weighted by Crippen LogP contribution is 2.25. The maximum atomic E-state index is 12.2. The molecule has 0 fully saturated rings. The third-order valence-electron chi connectivity index (χ3n) is 3.31. The first-order valence-electron chi connectivity index (χ1n) is 6.48. The van der Waals surface area contributed by atoms with Gasteiger partial charge in [-0.25, -0.2) is 9.59 Å². The number of nitrogens with zero attached hydrogens (tertiary/aromatic N) is 1. The lowest BCUT2D eigenvalue weighted by molar-refractivity contribution is -0.385. The molecule has 0 aliphatic rings. The van der Waals surface area contributed by atoms with E-state index in [0.717, 1.165) is 0 Å². The average Bonchev–Trinajstić information content (AvgIpc) is 2.50. The number of hydrogen-bond acceptors (Lipinski definition) is 5. The molecule has 22 heavy (non-hydrogen) atoms. The van der Waals surface area contributed by atoms with Crippen molar-refractivity contribution in [1.82, 2.24) is 0 Å². The zero-order valence-electron chi connectivity index (χ0n) is 12.0. The van der Waals surface area contributed by atoms with E-state index in [1.807, 2.05) is 0 Å². The van der Waals surface area contributed by atoms with Crippen molar-refractivity contribution >= 4 is 17.6 Å². The molecular formula is C16H13NO5. The van der Waals surface area contributed by atoms with Crippen molar-refractivity contribution in [2.75, 3.05) is 0 Å². The highest BCUT2D eigenvalue weighted by atomic mass is 16.6.